The van der Waals surface area contributed by atoms with Gasteiger partial charge in [-0.2, -0.15) is 0 Å². The number of hydrogen-bond donors (Lipinski definition) is 0. The van der Waals surface area contributed by atoms with Crippen molar-refractivity contribution in [2.45, 2.75) is 0 Å². The van der Waals surface area contributed by atoms with Gasteiger partial charge in [-0.25, -0.2) is 4.79 Å². The highest BCUT2D eigenvalue weighted by Crippen LogP contribution is 2.26. The highest BCUT2D eigenvalue weighted by atomic mass is 16.7. The lowest BCUT2D eigenvalue weighted by atomic mass is 10.0. The number of methoxy groups -OCH3 is 1. The van der Waals surface area contributed by atoms with Crippen LogP contribution in [-0.2, 0) is 4.74 Å². The molecule has 0 aliphatic carbocycles. The predicted molar refractivity (Wildman–Crippen MR) is 74.5 cm³/mol. The molecule has 0 atom stereocenters. The fourth-order valence-electron chi connectivity index (χ4n) is 2.12. The van der Waals surface area contributed by atoms with Gasteiger partial charge in [0.15, 0.2) is 0 Å². The van der Waals surface area contributed by atoms with Crippen molar-refractivity contribution in [1.82, 2.24) is 0 Å². The Kier molecular flexibility index (Phi) is 2.80. The summed E-state index contributed by atoms with van der Waals surface area (Å²) >= 11 is 0. The summed E-state index contributed by atoms with van der Waals surface area (Å²) in [7, 11) is 1.29. The normalized spacial score (nSPS) is 10.6. The van der Waals surface area contributed by atoms with Gasteiger partial charge >= 0.3 is 6.16 Å². The molecule has 0 heterocycles. The number of hydrogen-bond acceptors (Lipinski definition) is 3. The zero-order valence-electron chi connectivity index (χ0n) is 10.4. The number of carbonyl (C=O) groups excluding carboxylic acids is 1. The molecule has 19 heavy (non-hydrogen) atoms. The van der Waals surface area contributed by atoms with Crippen molar-refractivity contribution in [3.05, 3.63) is 54.6 Å². The largest absolute Gasteiger partial charge is 0.513 e. The number of rotatable bonds is 1. The molecule has 0 aliphatic heterocycles. The predicted octanol–water partition coefficient (Wildman–Crippen LogP) is 4.14. The quantitative estimate of drug-likeness (QED) is 0.371. The zero-order valence-corrected chi connectivity index (χ0v) is 10.4. The first kappa shape index (κ1) is 11.5. The summed E-state index contributed by atoms with van der Waals surface area (Å²) in [5.41, 5.74) is 0. The van der Waals surface area contributed by atoms with Crippen LogP contribution in [0.3, 0.4) is 0 Å². The summed E-state index contributed by atoms with van der Waals surface area (Å²) in [5, 5.41) is 4.48. The second kappa shape index (κ2) is 4.61. The lowest BCUT2D eigenvalue weighted by Gasteiger charge is -2.05. The van der Waals surface area contributed by atoms with Gasteiger partial charge in [0.2, 0.25) is 0 Å². The molecule has 0 aliphatic rings. The maximum Gasteiger partial charge on any atom is 0.513 e. The first-order chi connectivity index (χ1) is 9.26. The molecule has 0 spiro atoms. The molecule has 3 nitrogen and oxygen atoms in total. The third-order valence-electron chi connectivity index (χ3n) is 3.04. The van der Waals surface area contributed by atoms with Crippen LogP contribution in [0.15, 0.2) is 54.6 Å². The van der Waals surface area contributed by atoms with Crippen LogP contribution in [0.4, 0.5) is 4.79 Å². The number of fused-ring (bicyclic) bond motifs is 2. The molecule has 3 heteroatoms. The Hall–Kier alpha value is -2.55. The Balaban J connectivity index is 2.11. The zero-order chi connectivity index (χ0) is 13.2. The van der Waals surface area contributed by atoms with Gasteiger partial charge in [-0.1, -0.05) is 30.3 Å². The van der Waals surface area contributed by atoms with Crippen molar-refractivity contribution < 1.29 is 14.3 Å². The van der Waals surface area contributed by atoms with Crippen LogP contribution in [0.1, 0.15) is 0 Å². The summed E-state index contributed by atoms with van der Waals surface area (Å²) in [5.74, 6) is 0.481. The Labute approximate surface area is 110 Å². The van der Waals surface area contributed by atoms with Crippen LogP contribution in [-0.4, -0.2) is 13.3 Å². The highest BCUT2D eigenvalue weighted by molar-refractivity contribution is 5.98. The lowest BCUT2D eigenvalue weighted by molar-refractivity contribution is 0.121. The Morgan fingerprint density at radius 1 is 0.842 bits per heavy atom. The lowest BCUT2D eigenvalue weighted by Crippen LogP contribution is -2.06. The monoisotopic (exact) mass is 252 g/mol. The molecule has 3 aromatic rings. The van der Waals surface area contributed by atoms with Gasteiger partial charge in [0.25, 0.3) is 0 Å². The minimum Gasteiger partial charge on any atom is -0.437 e. The number of benzene rings is 3. The molecule has 0 saturated carbocycles. The van der Waals surface area contributed by atoms with Gasteiger partial charge in [-0.05, 0) is 45.8 Å². The third-order valence-corrected chi connectivity index (χ3v) is 3.04. The Bertz CT molecular complexity index is 762. The molecule has 0 unspecified atom stereocenters. The second-order valence-electron chi connectivity index (χ2n) is 4.26. The van der Waals surface area contributed by atoms with Crippen molar-refractivity contribution in [2.24, 2.45) is 0 Å². The average Bonchev–Trinajstić information content (AvgIpc) is 2.45. The third kappa shape index (κ3) is 2.22. The van der Waals surface area contributed by atoms with Crippen molar-refractivity contribution in [1.29, 1.82) is 0 Å². The average molecular weight is 252 g/mol. The molecular formula is C16H12O3. The van der Waals surface area contributed by atoms with E-state index in [1.54, 1.807) is 6.07 Å². The fraction of sp³-hybridized carbons (Fsp3) is 0.0625. The molecule has 94 valence electrons. The van der Waals surface area contributed by atoms with Crippen molar-refractivity contribution >= 4 is 27.7 Å². The molecule has 0 fully saturated rings. The van der Waals surface area contributed by atoms with E-state index >= 15 is 0 Å². The van der Waals surface area contributed by atoms with E-state index in [2.05, 4.69) is 29.0 Å². The van der Waals surface area contributed by atoms with E-state index in [9.17, 15) is 4.79 Å². The summed E-state index contributed by atoms with van der Waals surface area (Å²) in [6, 6.07) is 17.9. The van der Waals surface area contributed by atoms with E-state index in [1.807, 2.05) is 24.3 Å². The van der Waals surface area contributed by atoms with Gasteiger partial charge in [0.05, 0.1) is 7.11 Å². The molecular weight excluding hydrogens is 240 g/mol. The molecule has 3 rings (SSSR count). The van der Waals surface area contributed by atoms with Gasteiger partial charge in [0, 0.05) is 0 Å². The minimum atomic E-state index is -0.708. The first-order valence-corrected chi connectivity index (χ1v) is 5.94. The molecule has 3 aromatic carbocycles. The first-order valence-electron chi connectivity index (χ1n) is 5.94. The SMILES string of the molecule is COC(=O)Oc1ccc2cc3ccccc3cc2c1. The topological polar surface area (TPSA) is 35.5 Å². The van der Waals surface area contributed by atoms with Gasteiger partial charge in [-0.3, -0.25) is 0 Å². The molecule has 0 saturated heterocycles. The van der Waals surface area contributed by atoms with Gasteiger partial charge in [0.1, 0.15) is 5.75 Å². The van der Waals surface area contributed by atoms with E-state index in [1.165, 1.54) is 12.5 Å². The smallest absolute Gasteiger partial charge is 0.437 e. The maximum atomic E-state index is 11.1. The summed E-state index contributed by atoms with van der Waals surface area (Å²) in [4.78, 5) is 11.1. The van der Waals surface area contributed by atoms with Crippen LogP contribution in [0.2, 0.25) is 0 Å². The van der Waals surface area contributed by atoms with Crippen LogP contribution >= 0.6 is 0 Å². The Morgan fingerprint density at radius 2 is 1.47 bits per heavy atom. The van der Waals surface area contributed by atoms with E-state index in [4.69, 9.17) is 4.74 Å². The number of ether oxygens (including phenoxy) is 2. The van der Waals surface area contributed by atoms with Crippen molar-refractivity contribution in [3.8, 4) is 5.75 Å². The van der Waals surface area contributed by atoms with Gasteiger partial charge in [-0.15, -0.1) is 0 Å². The van der Waals surface area contributed by atoms with E-state index in [0.717, 1.165) is 16.2 Å². The minimum absolute atomic E-state index is 0.481. The number of carbonyl (C=O) groups is 1. The molecule has 0 aromatic heterocycles. The fourth-order valence-corrected chi connectivity index (χ4v) is 2.12. The van der Waals surface area contributed by atoms with Crippen molar-refractivity contribution in [2.75, 3.05) is 7.11 Å². The van der Waals surface area contributed by atoms with E-state index in [0.29, 0.717) is 5.75 Å². The summed E-state index contributed by atoms with van der Waals surface area (Å²) in [6.07, 6.45) is -0.708. The van der Waals surface area contributed by atoms with Crippen LogP contribution in [0.25, 0.3) is 21.5 Å². The standard InChI is InChI=1S/C16H12O3/c1-18-16(17)19-15-7-6-13-8-11-4-2-3-5-12(11)9-14(13)10-15/h2-10H,1H3. The maximum absolute atomic E-state index is 11.1. The van der Waals surface area contributed by atoms with E-state index in [-0.39, 0.29) is 0 Å². The Morgan fingerprint density at radius 3 is 2.16 bits per heavy atom. The molecule has 0 bridgehead atoms. The second-order valence-corrected chi connectivity index (χ2v) is 4.26. The molecule has 0 N–H and O–H groups in total. The molecule has 0 radical (unpaired) electrons. The highest BCUT2D eigenvalue weighted by Gasteiger charge is 2.05. The van der Waals surface area contributed by atoms with Gasteiger partial charge < -0.3 is 9.47 Å². The van der Waals surface area contributed by atoms with Crippen LogP contribution in [0, 0.1) is 0 Å². The van der Waals surface area contributed by atoms with Crippen LogP contribution in [0.5, 0.6) is 5.75 Å². The van der Waals surface area contributed by atoms with Crippen LogP contribution < -0.4 is 4.74 Å². The molecule has 0 amide bonds. The summed E-state index contributed by atoms with van der Waals surface area (Å²) in [6.45, 7) is 0. The summed E-state index contributed by atoms with van der Waals surface area (Å²) < 4.78 is 9.50. The van der Waals surface area contributed by atoms with Crippen molar-refractivity contribution in [3.63, 3.8) is 0 Å². The van der Waals surface area contributed by atoms with E-state index < -0.39 is 6.16 Å².